The van der Waals surface area contributed by atoms with Gasteiger partial charge in [0.25, 0.3) is 0 Å². The highest BCUT2D eigenvalue weighted by molar-refractivity contribution is 7.89. The van der Waals surface area contributed by atoms with Crippen LogP contribution in [0.2, 0.25) is 0 Å². The number of amides is 1. The first-order valence-electron chi connectivity index (χ1n) is 8.91. The number of nitrogens with zero attached hydrogens (tertiary/aromatic N) is 1. The number of hydrogen-bond acceptors (Lipinski definition) is 3. The summed E-state index contributed by atoms with van der Waals surface area (Å²) in [4.78, 5) is 12.4. The van der Waals surface area contributed by atoms with Crippen LogP contribution >= 0.6 is 0 Å². The lowest BCUT2D eigenvalue weighted by Gasteiger charge is -2.15. The van der Waals surface area contributed by atoms with Gasteiger partial charge in [-0.3, -0.25) is 4.79 Å². The maximum absolute atomic E-state index is 12.5. The summed E-state index contributed by atoms with van der Waals surface area (Å²) in [5.74, 6) is -0.0531. The topological polar surface area (TPSA) is 66.5 Å². The summed E-state index contributed by atoms with van der Waals surface area (Å²) in [6.07, 6.45) is 2.77. The number of rotatable bonds is 6. The van der Waals surface area contributed by atoms with E-state index in [9.17, 15) is 13.2 Å². The van der Waals surface area contributed by atoms with E-state index in [0.717, 1.165) is 29.7 Å². The summed E-state index contributed by atoms with van der Waals surface area (Å²) in [7, 11) is -3.38. The molecule has 1 aliphatic rings. The molecule has 1 aliphatic heterocycles. The van der Waals surface area contributed by atoms with Crippen LogP contribution < -0.4 is 5.32 Å². The van der Waals surface area contributed by atoms with Crippen molar-refractivity contribution in [3.05, 3.63) is 59.7 Å². The Balaban J connectivity index is 1.55. The highest BCUT2D eigenvalue weighted by Gasteiger charge is 2.26. The zero-order valence-corrected chi connectivity index (χ0v) is 15.8. The van der Waals surface area contributed by atoms with Crippen molar-refractivity contribution in [3.8, 4) is 0 Å². The number of aryl methyl sites for hydroxylation is 2. The third-order valence-corrected chi connectivity index (χ3v) is 6.52. The Labute approximate surface area is 155 Å². The van der Waals surface area contributed by atoms with E-state index < -0.39 is 10.0 Å². The quantitative estimate of drug-likeness (QED) is 0.846. The second-order valence-corrected chi connectivity index (χ2v) is 8.61. The Kier molecular flexibility index (Phi) is 5.74. The van der Waals surface area contributed by atoms with Gasteiger partial charge in [-0.15, -0.1) is 0 Å². The van der Waals surface area contributed by atoms with E-state index in [4.69, 9.17) is 0 Å². The van der Waals surface area contributed by atoms with Crippen molar-refractivity contribution < 1.29 is 13.2 Å². The van der Waals surface area contributed by atoms with Gasteiger partial charge in [0.05, 0.1) is 4.90 Å². The van der Waals surface area contributed by atoms with Gasteiger partial charge >= 0.3 is 0 Å². The van der Waals surface area contributed by atoms with E-state index in [-0.39, 0.29) is 5.91 Å². The minimum Gasteiger partial charge on any atom is -0.326 e. The molecule has 1 N–H and O–H groups in total. The Morgan fingerprint density at radius 2 is 1.62 bits per heavy atom. The summed E-state index contributed by atoms with van der Waals surface area (Å²) >= 11 is 0. The molecule has 6 heteroatoms. The van der Waals surface area contributed by atoms with Gasteiger partial charge in [-0.25, -0.2) is 8.42 Å². The van der Waals surface area contributed by atoms with Gasteiger partial charge < -0.3 is 5.32 Å². The lowest BCUT2D eigenvalue weighted by atomic mass is 10.1. The molecule has 0 bridgehead atoms. The molecule has 3 rings (SSSR count). The van der Waals surface area contributed by atoms with Crippen molar-refractivity contribution in [2.24, 2.45) is 0 Å². The number of carbonyl (C=O) groups is 1. The first-order chi connectivity index (χ1) is 12.4. The van der Waals surface area contributed by atoms with Crippen LogP contribution in [0.4, 0.5) is 5.69 Å². The average Bonchev–Trinajstić information content (AvgIpc) is 3.18. The van der Waals surface area contributed by atoms with Crippen LogP contribution in [-0.2, 0) is 21.2 Å². The van der Waals surface area contributed by atoms with Crippen molar-refractivity contribution in [2.45, 2.75) is 37.5 Å². The van der Waals surface area contributed by atoms with Gasteiger partial charge in [0.2, 0.25) is 15.9 Å². The average molecular weight is 372 g/mol. The first-order valence-corrected chi connectivity index (χ1v) is 10.3. The second kappa shape index (κ2) is 8.01. The molecular formula is C20H24N2O3S. The van der Waals surface area contributed by atoms with Gasteiger partial charge in [0, 0.05) is 25.2 Å². The number of benzene rings is 2. The minimum absolute atomic E-state index is 0.0531. The molecule has 0 spiro atoms. The monoisotopic (exact) mass is 372 g/mol. The fourth-order valence-corrected chi connectivity index (χ4v) is 4.54. The zero-order chi connectivity index (χ0) is 18.6. The molecule has 0 atom stereocenters. The smallest absolute Gasteiger partial charge is 0.243 e. The van der Waals surface area contributed by atoms with Crippen LogP contribution in [0.15, 0.2) is 53.4 Å². The normalized spacial score (nSPS) is 15.1. The number of hydrogen-bond donors (Lipinski definition) is 1. The molecule has 1 amide bonds. The Hall–Kier alpha value is -2.18. The van der Waals surface area contributed by atoms with Crippen LogP contribution in [0.5, 0.6) is 0 Å². The molecule has 2 aromatic rings. The van der Waals surface area contributed by atoms with Crippen molar-refractivity contribution in [2.75, 3.05) is 18.4 Å². The number of anilines is 1. The van der Waals surface area contributed by atoms with E-state index in [1.54, 1.807) is 24.3 Å². The highest BCUT2D eigenvalue weighted by atomic mass is 32.2. The fourth-order valence-electron chi connectivity index (χ4n) is 3.02. The predicted octanol–water partition coefficient (Wildman–Crippen LogP) is 3.35. The maximum atomic E-state index is 12.5. The number of sulfonamides is 1. The van der Waals surface area contributed by atoms with Gasteiger partial charge in [-0.2, -0.15) is 4.31 Å². The summed E-state index contributed by atoms with van der Waals surface area (Å²) < 4.78 is 26.5. The third-order valence-electron chi connectivity index (χ3n) is 4.60. The predicted molar refractivity (Wildman–Crippen MR) is 103 cm³/mol. The van der Waals surface area contributed by atoms with Crippen molar-refractivity contribution in [1.82, 2.24) is 4.31 Å². The van der Waals surface area contributed by atoms with Gasteiger partial charge in [-0.1, -0.05) is 29.8 Å². The largest absolute Gasteiger partial charge is 0.326 e. The van der Waals surface area contributed by atoms with Crippen molar-refractivity contribution in [1.29, 1.82) is 0 Å². The molecule has 5 nitrogen and oxygen atoms in total. The number of carbonyl (C=O) groups excluding carboxylic acids is 1. The molecule has 2 aromatic carbocycles. The number of nitrogens with one attached hydrogen (secondary N) is 1. The Morgan fingerprint density at radius 3 is 2.23 bits per heavy atom. The van der Waals surface area contributed by atoms with Gasteiger partial charge in [-0.05, 0) is 56.0 Å². The van der Waals surface area contributed by atoms with Crippen molar-refractivity contribution >= 4 is 21.6 Å². The molecular weight excluding hydrogens is 348 g/mol. The van der Waals surface area contributed by atoms with Crippen LogP contribution in [0, 0.1) is 6.92 Å². The Morgan fingerprint density at radius 1 is 1.00 bits per heavy atom. The molecule has 0 radical (unpaired) electrons. The standard InChI is InChI=1S/C20H24N2O3S/c1-16-4-9-18(10-5-16)21-20(23)13-8-17-6-11-19(12-7-17)26(24,25)22-14-2-3-15-22/h4-7,9-12H,2-3,8,13-15H2,1H3,(H,21,23). The Bertz CT molecular complexity index is 853. The molecule has 1 fully saturated rings. The zero-order valence-electron chi connectivity index (χ0n) is 14.9. The molecule has 0 aliphatic carbocycles. The van der Waals surface area contributed by atoms with Crippen LogP contribution in [-0.4, -0.2) is 31.7 Å². The first kappa shape index (κ1) is 18.6. The summed E-state index contributed by atoms with van der Waals surface area (Å²) in [5, 5.41) is 2.87. The molecule has 1 saturated heterocycles. The summed E-state index contributed by atoms with van der Waals surface area (Å²) in [5.41, 5.74) is 2.88. The molecule has 138 valence electrons. The van der Waals surface area contributed by atoms with Crippen LogP contribution in [0.25, 0.3) is 0 Å². The maximum Gasteiger partial charge on any atom is 0.243 e. The lowest BCUT2D eigenvalue weighted by molar-refractivity contribution is -0.116. The van der Waals surface area contributed by atoms with Crippen LogP contribution in [0.1, 0.15) is 30.4 Å². The minimum atomic E-state index is -3.38. The third kappa shape index (κ3) is 4.51. The summed E-state index contributed by atoms with van der Waals surface area (Å²) in [6, 6.07) is 14.5. The van der Waals surface area contributed by atoms with Gasteiger partial charge in [0.15, 0.2) is 0 Å². The van der Waals surface area contributed by atoms with E-state index in [1.165, 1.54) is 4.31 Å². The van der Waals surface area contributed by atoms with E-state index >= 15 is 0 Å². The van der Waals surface area contributed by atoms with E-state index in [2.05, 4.69) is 5.32 Å². The van der Waals surface area contributed by atoms with Gasteiger partial charge in [0.1, 0.15) is 0 Å². The summed E-state index contributed by atoms with van der Waals surface area (Å²) in [6.45, 7) is 3.20. The molecule has 1 heterocycles. The van der Waals surface area contributed by atoms with Crippen molar-refractivity contribution in [3.63, 3.8) is 0 Å². The molecule has 0 saturated carbocycles. The molecule has 0 unspecified atom stereocenters. The van der Waals surface area contributed by atoms with Crippen LogP contribution in [0.3, 0.4) is 0 Å². The van der Waals surface area contributed by atoms with E-state index in [0.29, 0.717) is 30.8 Å². The molecule has 0 aromatic heterocycles. The SMILES string of the molecule is Cc1ccc(NC(=O)CCc2ccc(S(=O)(=O)N3CCCC3)cc2)cc1. The highest BCUT2D eigenvalue weighted by Crippen LogP contribution is 2.21. The second-order valence-electron chi connectivity index (χ2n) is 6.67. The lowest BCUT2D eigenvalue weighted by Crippen LogP contribution is -2.27. The fraction of sp³-hybridized carbons (Fsp3) is 0.350. The molecule has 26 heavy (non-hydrogen) atoms. The van der Waals surface area contributed by atoms with E-state index in [1.807, 2.05) is 31.2 Å².